The van der Waals surface area contributed by atoms with Crippen molar-refractivity contribution < 1.29 is 0 Å². The minimum atomic E-state index is 0.360. The first kappa shape index (κ1) is 43.9. The van der Waals surface area contributed by atoms with Crippen LogP contribution in [0.1, 0.15) is 239 Å². The number of rotatable bonds is 37. The van der Waals surface area contributed by atoms with Crippen LogP contribution in [0.15, 0.2) is 0 Å². The van der Waals surface area contributed by atoms with E-state index in [1.54, 1.807) is 0 Å². The minimum Gasteiger partial charge on any atom is -0.123 e. The van der Waals surface area contributed by atoms with Crippen molar-refractivity contribution in [1.29, 1.82) is 0 Å². The molecule has 0 aromatic heterocycles. The molecular weight excluding hydrogens is 587 g/mol. The Morgan fingerprint density at radius 1 is 0.279 bits per heavy atom. The van der Waals surface area contributed by atoms with Crippen molar-refractivity contribution in [1.82, 2.24) is 0 Å². The maximum atomic E-state index is 6.63. The summed E-state index contributed by atoms with van der Waals surface area (Å²) in [6.45, 7) is 4.30. The van der Waals surface area contributed by atoms with Crippen LogP contribution >= 0.6 is 34.8 Å². The Morgan fingerprint density at radius 3 is 0.674 bits per heavy atom. The Morgan fingerprint density at radius 2 is 0.465 bits per heavy atom. The van der Waals surface area contributed by atoms with E-state index in [1.165, 1.54) is 218 Å². The molecule has 0 fully saturated rings. The molecule has 0 bridgehead atoms. The average molecular weight is 666 g/mol. The summed E-state index contributed by atoms with van der Waals surface area (Å²) in [4.78, 5) is 0. The first-order valence-electron chi connectivity index (χ1n) is 20.0. The Hall–Kier alpha value is 0.870. The molecule has 0 heterocycles. The smallest absolute Gasteiger partial charge is 0.0336 e. The Labute approximate surface area is 288 Å². The van der Waals surface area contributed by atoms with Gasteiger partial charge in [0.15, 0.2) is 0 Å². The van der Waals surface area contributed by atoms with Crippen LogP contribution in [0.2, 0.25) is 0 Å². The van der Waals surface area contributed by atoms with Gasteiger partial charge in [0, 0.05) is 16.1 Å². The van der Waals surface area contributed by atoms with Crippen LogP contribution in [-0.4, -0.2) is 16.1 Å². The molecule has 0 radical (unpaired) electrons. The lowest BCUT2D eigenvalue weighted by molar-refractivity contribution is 0.512. The molecule has 3 atom stereocenters. The van der Waals surface area contributed by atoms with E-state index in [2.05, 4.69) is 13.8 Å². The highest BCUT2D eigenvalue weighted by Crippen LogP contribution is 2.20. The van der Waals surface area contributed by atoms with Crippen molar-refractivity contribution in [2.75, 3.05) is 0 Å². The Kier molecular flexibility index (Phi) is 38.1. The van der Waals surface area contributed by atoms with Crippen molar-refractivity contribution in [2.45, 2.75) is 255 Å². The fourth-order valence-corrected chi connectivity index (χ4v) is 7.08. The maximum Gasteiger partial charge on any atom is 0.0336 e. The number of hydrogen-bond acceptors (Lipinski definition) is 0. The van der Waals surface area contributed by atoms with Crippen molar-refractivity contribution in [3.05, 3.63) is 0 Å². The van der Waals surface area contributed by atoms with Crippen LogP contribution < -0.4 is 0 Å². The van der Waals surface area contributed by atoms with Gasteiger partial charge in [-0.1, -0.05) is 200 Å². The highest BCUT2D eigenvalue weighted by Gasteiger charge is 2.05. The van der Waals surface area contributed by atoms with Gasteiger partial charge in [0.05, 0.1) is 0 Å². The van der Waals surface area contributed by atoms with Gasteiger partial charge in [0.25, 0.3) is 0 Å². The van der Waals surface area contributed by atoms with E-state index in [9.17, 15) is 0 Å². The zero-order valence-corrected chi connectivity index (χ0v) is 31.9. The van der Waals surface area contributed by atoms with Crippen molar-refractivity contribution in [2.24, 2.45) is 0 Å². The molecule has 0 aliphatic carbocycles. The minimum absolute atomic E-state index is 0.360. The molecule has 0 spiro atoms. The van der Waals surface area contributed by atoms with E-state index in [-0.39, 0.29) is 0 Å². The average Bonchev–Trinajstić information content (AvgIpc) is 2.99. The molecule has 0 aromatic rings. The third-order valence-corrected chi connectivity index (χ3v) is 10.8. The summed E-state index contributed by atoms with van der Waals surface area (Å²) >= 11 is 18.8. The van der Waals surface area contributed by atoms with Gasteiger partial charge in [-0.15, -0.1) is 34.8 Å². The lowest BCUT2D eigenvalue weighted by Crippen LogP contribution is -1.98. The van der Waals surface area contributed by atoms with E-state index in [0.29, 0.717) is 16.1 Å². The summed E-state index contributed by atoms with van der Waals surface area (Å²) in [7, 11) is 0. The predicted molar refractivity (Wildman–Crippen MR) is 202 cm³/mol. The van der Waals surface area contributed by atoms with Crippen LogP contribution in [0.25, 0.3) is 0 Å². The second kappa shape index (κ2) is 37.3. The second-order valence-electron chi connectivity index (χ2n) is 14.1. The number of halogens is 3. The monoisotopic (exact) mass is 665 g/mol. The van der Waals surface area contributed by atoms with Crippen LogP contribution in [0, 0.1) is 0 Å². The summed E-state index contributed by atoms with van der Waals surface area (Å²) < 4.78 is 0. The molecular formula is C40H79Cl3. The lowest BCUT2D eigenvalue weighted by Gasteiger charge is -2.09. The summed E-state index contributed by atoms with van der Waals surface area (Å²) in [5.41, 5.74) is 0. The predicted octanol–water partition coefficient (Wildman–Crippen LogP) is 16.5. The van der Waals surface area contributed by atoms with Crippen LogP contribution in [0.3, 0.4) is 0 Å². The van der Waals surface area contributed by atoms with Gasteiger partial charge in [0.2, 0.25) is 0 Å². The molecule has 43 heavy (non-hydrogen) atoms. The zero-order chi connectivity index (χ0) is 31.5. The van der Waals surface area contributed by atoms with Crippen LogP contribution in [0.4, 0.5) is 0 Å². The standard InChI is InChI=1S/C40H79Cl3/c1-3-39(42)35-31-27-23-19-15-11-7-5-9-13-17-21-25-29-33-37-40(43)36-32-28-24-20-16-12-8-4-6-10-14-18-22-26-30-34-38(2)41/h38-40H,3-37H2,1-2H3. The molecule has 0 saturated carbocycles. The molecule has 260 valence electrons. The molecule has 0 aliphatic rings. The highest BCUT2D eigenvalue weighted by atomic mass is 35.5. The summed E-state index contributed by atoms with van der Waals surface area (Å²) in [6, 6.07) is 0. The van der Waals surface area contributed by atoms with Crippen LogP contribution in [-0.2, 0) is 0 Å². The van der Waals surface area contributed by atoms with Crippen molar-refractivity contribution in [3.8, 4) is 0 Å². The van der Waals surface area contributed by atoms with Crippen molar-refractivity contribution >= 4 is 34.8 Å². The van der Waals surface area contributed by atoms with E-state index in [1.807, 2.05) is 0 Å². The molecule has 0 rings (SSSR count). The molecule has 3 unspecified atom stereocenters. The third kappa shape index (κ3) is 39.0. The van der Waals surface area contributed by atoms with Crippen LogP contribution in [0.5, 0.6) is 0 Å². The SMILES string of the molecule is CCC(Cl)CCCCCCCCCCCCCCCCCC(Cl)CCCCCCCCCCCCCCCCCC(C)Cl. The van der Waals surface area contributed by atoms with Gasteiger partial charge in [-0.3, -0.25) is 0 Å². The number of alkyl halides is 3. The quantitative estimate of drug-likeness (QED) is 0.0457. The fraction of sp³-hybridized carbons (Fsp3) is 1.00. The Bertz CT molecular complexity index is 494. The van der Waals surface area contributed by atoms with Gasteiger partial charge in [0.1, 0.15) is 0 Å². The first-order valence-corrected chi connectivity index (χ1v) is 21.3. The van der Waals surface area contributed by atoms with Gasteiger partial charge >= 0.3 is 0 Å². The highest BCUT2D eigenvalue weighted by molar-refractivity contribution is 6.20. The summed E-state index contributed by atoms with van der Waals surface area (Å²) in [5.74, 6) is 0. The Balaban J connectivity index is 3.16. The normalized spacial score (nSPS) is 13.9. The summed E-state index contributed by atoms with van der Waals surface area (Å²) in [6.07, 6.45) is 48.5. The van der Waals surface area contributed by atoms with Gasteiger partial charge in [-0.2, -0.15) is 0 Å². The molecule has 0 amide bonds. The molecule has 0 saturated heterocycles. The number of unbranched alkanes of at least 4 members (excludes halogenated alkanes) is 28. The van der Waals surface area contributed by atoms with E-state index < -0.39 is 0 Å². The van der Waals surface area contributed by atoms with Gasteiger partial charge in [-0.25, -0.2) is 0 Å². The van der Waals surface area contributed by atoms with E-state index >= 15 is 0 Å². The third-order valence-electron chi connectivity index (χ3n) is 9.60. The lowest BCUT2D eigenvalue weighted by atomic mass is 10.0. The first-order chi connectivity index (χ1) is 21.1. The van der Waals surface area contributed by atoms with E-state index in [0.717, 1.165) is 6.42 Å². The fourth-order valence-electron chi connectivity index (χ4n) is 6.47. The maximum absolute atomic E-state index is 6.63. The molecule has 0 aromatic carbocycles. The zero-order valence-electron chi connectivity index (χ0n) is 29.6. The topological polar surface area (TPSA) is 0 Å². The number of hydrogen-bond donors (Lipinski definition) is 0. The largest absolute Gasteiger partial charge is 0.123 e. The molecule has 0 aliphatic heterocycles. The molecule has 0 nitrogen and oxygen atoms in total. The van der Waals surface area contributed by atoms with Gasteiger partial charge < -0.3 is 0 Å². The van der Waals surface area contributed by atoms with Gasteiger partial charge in [-0.05, 0) is 39.0 Å². The molecule has 3 heteroatoms. The molecule has 0 N–H and O–H groups in total. The van der Waals surface area contributed by atoms with E-state index in [4.69, 9.17) is 34.8 Å². The van der Waals surface area contributed by atoms with Crippen molar-refractivity contribution in [3.63, 3.8) is 0 Å². The summed E-state index contributed by atoms with van der Waals surface area (Å²) in [5, 5.41) is 1.20. The second-order valence-corrected chi connectivity index (χ2v) is 16.1.